The largest absolute Gasteiger partial charge is 0.302 e. The number of hydrogen-bond donors (Lipinski definition) is 1. The summed E-state index contributed by atoms with van der Waals surface area (Å²) in [7, 11) is 0. The highest BCUT2D eigenvalue weighted by molar-refractivity contribution is 7.15. The summed E-state index contributed by atoms with van der Waals surface area (Å²) in [4.78, 5) is 18.1. The number of thiazole rings is 1. The SMILES string of the molecule is O=C(CC(c1ccccc1)c1ccccc1)Nc1ncc(Cc2ccc(F)cc2)s1. The Morgan fingerprint density at radius 1 is 0.900 bits per heavy atom. The molecule has 5 heteroatoms. The fourth-order valence-electron chi connectivity index (χ4n) is 3.41. The summed E-state index contributed by atoms with van der Waals surface area (Å²) in [5.74, 6) is -0.344. The van der Waals surface area contributed by atoms with Crippen molar-refractivity contribution in [1.82, 2.24) is 4.98 Å². The Balaban J connectivity index is 1.44. The van der Waals surface area contributed by atoms with E-state index >= 15 is 0 Å². The number of amides is 1. The lowest BCUT2D eigenvalue weighted by atomic mass is 9.88. The smallest absolute Gasteiger partial charge is 0.227 e. The lowest BCUT2D eigenvalue weighted by Gasteiger charge is -2.17. The normalized spacial score (nSPS) is 10.9. The van der Waals surface area contributed by atoms with E-state index in [1.54, 1.807) is 18.3 Å². The summed E-state index contributed by atoms with van der Waals surface area (Å²) in [5, 5.41) is 3.52. The Kier molecular flexibility index (Phi) is 6.30. The van der Waals surface area contributed by atoms with Crippen LogP contribution in [0.1, 0.15) is 33.9 Å². The molecular weight excluding hydrogens is 395 g/mol. The maximum Gasteiger partial charge on any atom is 0.227 e. The summed E-state index contributed by atoms with van der Waals surface area (Å²) in [6.45, 7) is 0. The van der Waals surface area contributed by atoms with Crippen LogP contribution in [-0.4, -0.2) is 10.9 Å². The summed E-state index contributed by atoms with van der Waals surface area (Å²) in [6, 6.07) is 26.5. The van der Waals surface area contributed by atoms with E-state index in [9.17, 15) is 9.18 Å². The average molecular weight is 417 g/mol. The molecule has 150 valence electrons. The standard InChI is InChI=1S/C25H21FN2OS/c26-21-13-11-18(12-14-21)15-22-17-27-25(30-22)28-24(29)16-23(19-7-3-1-4-8-19)20-9-5-2-6-10-20/h1-14,17,23H,15-16H2,(H,27,28,29). The van der Waals surface area contributed by atoms with Crippen LogP contribution >= 0.6 is 11.3 Å². The molecule has 0 saturated carbocycles. The first-order valence-electron chi connectivity index (χ1n) is 9.76. The van der Waals surface area contributed by atoms with Crippen LogP contribution in [0.4, 0.5) is 9.52 Å². The summed E-state index contributed by atoms with van der Waals surface area (Å²) in [5.41, 5.74) is 3.22. The van der Waals surface area contributed by atoms with Gasteiger partial charge in [-0.2, -0.15) is 0 Å². The fourth-order valence-corrected chi connectivity index (χ4v) is 4.27. The number of rotatable bonds is 7. The van der Waals surface area contributed by atoms with Gasteiger partial charge in [0.2, 0.25) is 5.91 Å². The van der Waals surface area contributed by atoms with Gasteiger partial charge in [-0.1, -0.05) is 72.8 Å². The van der Waals surface area contributed by atoms with Gasteiger partial charge in [-0.15, -0.1) is 11.3 Å². The molecule has 1 amide bonds. The molecule has 1 N–H and O–H groups in total. The number of carbonyl (C=O) groups is 1. The zero-order chi connectivity index (χ0) is 20.8. The monoisotopic (exact) mass is 416 g/mol. The first-order valence-corrected chi connectivity index (χ1v) is 10.6. The maximum atomic E-state index is 13.1. The molecule has 0 saturated heterocycles. The predicted octanol–water partition coefficient (Wildman–Crippen LogP) is 6.03. The average Bonchev–Trinajstić information content (AvgIpc) is 3.21. The van der Waals surface area contributed by atoms with Crippen molar-refractivity contribution < 1.29 is 9.18 Å². The van der Waals surface area contributed by atoms with Crippen molar-refractivity contribution in [2.24, 2.45) is 0 Å². The number of carbonyl (C=O) groups excluding carboxylic acids is 1. The first-order chi connectivity index (χ1) is 14.7. The van der Waals surface area contributed by atoms with Gasteiger partial charge in [0.25, 0.3) is 0 Å². The van der Waals surface area contributed by atoms with E-state index in [1.807, 2.05) is 36.4 Å². The highest BCUT2D eigenvalue weighted by Gasteiger charge is 2.19. The summed E-state index contributed by atoms with van der Waals surface area (Å²) >= 11 is 1.44. The number of hydrogen-bond acceptors (Lipinski definition) is 3. The van der Waals surface area contributed by atoms with Crippen molar-refractivity contribution in [3.05, 3.63) is 119 Å². The van der Waals surface area contributed by atoms with Gasteiger partial charge >= 0.3 is 0 Å². The number of anilines is 1. The first kappa shape index (κ1) is 20.0. The molecule has 0 aliphatic carbocycles. The van der Waals surface area contributed by atoms with E-state index in [0.29, 0.717) is 18.0 Å². The van der Waals surface area contributed by atoms with Crippen LogP contribution in [0.25, 0.3) is 0 Å². The van der Waals surface area contributed by atoms with Gasteiger partial charge in [0.1, 0.15) is 5.82 Å². The molecule has 0 radical (unpaired) electrons. The van der Waals surface area contributed by atoms with Crippen LogP contribution in [0.3, 0.4) is 0 Å². The Bertz CT molecular complexity index is 1060. The highest BCUT2D eigenvalue weighted by atomic mass is 32.1. The molecule has 1 heterocycles. The van der Waals surface area contributed by atoms with E-state index < -0.39 is 0 Å². The second-order valence-corrected chi connectivity index (χ2v) is 8.18. The Morgan fingerprint density at radius 3 is 2.10 bits per heavy atom. The molecule has 3 nitrogen and oxygen atoms in total. The van der Waals surface area contributed by atoms with Crippen LogP contribution in [0.2, 0.25) is 0 Å². The molecule has 0 fully saturated rings. The Labute approximate surface area is 179 Å². The van der Waals surface area contributed by atoms with Crippen LogP contribution in [0.5, 0.6) is 0 Å². The van der Waals surface area contributed by atoms with Gasteiger partial charge in [0.15, 0.2) is 5.13 Å². The summed E-state index contributed by atoms with van der Waals surface area (Å²) in [6.07, 6.45) is 2.75. The third-order valence-corrected chi connectivity index (χ3v) is 5.80. The van der Waals surface area contributed by atoms with Crippen LogP contribution < -0.4 is 5.32 Å². The molecule has 0 aliphatic rings. The summed E-state index contributed by atoms with van der Waals surface area (Å²) < 4.78 is 13.1. The van der Waals surface area contributed by atoms with Crippen LogP contribution in [0, 0.1) is 5.82 Å². The van der Waals surface area contributed by atoms with Crippen molar-refractivity contribution in [3.63, 3.8) is 0 Å². The molecule has 0 spiro atoms. The van der Waals surface area contributed by atoms with Crippen LogP contribution in [-0.2, 0) is 11.2 Å². The van der Waals surface area contributed by atoms with E-state index in [0.717, 1.165) is 21.6 Å². The van der Waals surface area contributed by atoms with Crippen molar-refractivity contribution in [3.8, 4) is 0 Å². The minimum atomic E-state index is -0.248. The molecule has 30 heavy (non-hydrogen) atoms. The van der Waals surface area contributed by atoms with Crippen molar-refractivity contribution in [2.45, 2.75) is 18.8 Å². The number of benzene rings is 3. The van der Waals surface area contributed by atoms with E-state index in [1.165, 1.54) is 23.5 Å². The minimum Gasteiger partial charge on any atom is -0.302 e. The van der Waals surface area contributed by atoms with E-state index in [2.05, 4.69) is 34.6 Å². The molecule has 3 aromatic carbocycles. The molecule has 0 unspecified atom stereocenters. The van der Waals surface area contributed by atoms with Crippen molar-refractivity contribution >= 4 is 22.4 Å². The second-order valence-electron chi connectivity index (χ2n) is 7.06. The van der Waals surface area contributed by atoms with Gasteiger partial charge in [-0.25, -0.2) is 9.37 Å². The number of nitrogens with one attached hydrogen (secondary N) is 1. The lowest BCUT2D eigenvalue weighted by Crippen LogP contribution is -2.16. The molecule has 4 aromatic rings. The third kappa shape index (κ3) is 5.19. The quantitative estimate of drug-likeness (QED) is 0.399. The highest BCUT2D eigenvalue weighted by Crippen LogP contribution is 2.29. The molecular formula is C25H21FN2OS. The number of halogens is 1. The third-order valence-electron chi connectivity index (χ3n) is 4.88. The van der Waals surface area contributed by atoms with Gasteiger partial charge in [0.05, 0.1) is 0 Å². The maximum absolute atomic E-state index is 13.1. The van der Waals surface area contributed by atoms with Gasteiger partial charge in [-0.3, -0.25) is 4.79 Å². The van der Waals surface area contributed by atoms with E-state index in [-0.39, 0.29) is 17.6 Å². The minimum absolute atomic E-state index is 0.0222. The Morgan fingerprint density at radius 2 is 1.50 bits per heavy atom. The van der Waals surface area contributed by atoms with Gasteiger partial charge in [0, 0.05) is 29.8 Å². The van der Waals surface area contributed by atoms with Crippen molar-refractivity contribution in [2.75, 3.05) is 5.32 Å². The molecule has 0 bridgehead atoms. The van der Waals surface area contributed by atoms with Gasteiger partial charge < -0.3 is 5.32 Å². The molecule has 0 aliphatic heterocycles. The zero-order valence-electron chi connectivity index (χ0n) is 16.3. The van der Waals surface area contributed by atoms with Crippen LogP contribution in [0.15, 0.2) is 91.1 Å². The topological polar surface area (TPSA) is 42.0 Å². The lowest BCUT2D eigenvalue weighted by molar-refractivity contribution is -0.116. The fraction of sp³-hybridized carbons (Fsp3) is 0.120. The molecule has 0 atom stereocenters. The number of aromatic nitrogens is 1. The van der Waals surface area contributed by atoms with Crippen molar-refractivity contribution in [1.29, 1.82) is 0 Å². The molecule has 1 aromatic heterocycles. The predicted molar refractivity (Wildman–Crippen MR) is 119 cm³/mol. The second kappa shape index (κ2) is 9.46. The number of nitrogens with zero attached hydrogens (tertiary/aromatic N) is 1. The van der Waals surface area contributed by atoms with E-state index in [4.69, 9.17) is 0 Å². The van der Waals surface area contributed by atoms with Gasteiger partial charge in [-0.05, 0) is 28.8 Å². The zero-order valence-corrected chi connectivity index (χ0v) is 17.1. The Hall–Kier alpha value is -3.31. The molecule has 4 rings (SSSR count).